The highest BCUT2D eigenvalue weighted by atomic mass is 16.5. The number of ether oxygens (including phenoxy) is 2. The Morgan fingerprint density at radius 3 is 2.52 bits per heavy atom. The molecule has 0 amide bonds. The van der Waals surface area contributed by atoms with Gasteiger partial charge >= 0.3 is 0 Å². The van der Waals surface area contributed by atoms with Crippen LogP contribution >= 0.6 is 0 Å². The normalized spacial score (nSPS) is 27.8. The first kappa shape index (κ1) is 18.2. The van der Waals surface area contributed by atoms with Crippen molar-refractivity contribution in [1.82, 2.24) is 5.32 Å². The standard InChI is InChI=1S/C22H26N2O3/c25-22(18-11-5-2-6-12-18)21(17-9-3-1-4-10-17)23-20(24-22)16-26-15-19-13-7-8-14-27-19/h1-6,9-12,19,21,25H,7-8,13-16H2,(H,23,24)/t19?,21-,22-/m1/s1. The molecule has 5 heteroatoms. The molecule has 2 aromatic rings. The zero-order valence-electron chi connectivity index (χ0n) is 15.4. The van der Waals surface area contributed by atoms with E-state index in [9.17, 15) is 5.11 Å². The van der Waals surface area contributed by atoms with E-state index < -0.39 is 11.8 Å². The Bertz CT molecular complexity index is 760. The van der Waals surface area contributed by atoms with E-state index in [1.54, 1.807) is 0 Å². The maximum Gasteiger partial charge on any atom is 0.190 e. The van der Waals surface area contributed by atoms with Gasteiger partial charge < -0.3 is 19.9 Å². The lowest BCUT2D eigenvalue weighted by molar-refractivity contribution is -0.0346. The van der Waals surface area contributed by atoms with E-state index in [1.165, 1.54) is 6.42 Å². The van der Waals surface area contributed by atoms with Gasteiger partial charge in [-0.1, -0.05) is 60.7 Å². The summed E-state index contributed by atoms with van der Waals surface area (Å²) in [5, 5.41) is 14.7. The van der Waals surface area contributed by atoms with Gasteiger partial charge in [0.1, 0.15) is 18.5 Å². The Morgan fingerprint density at radius 2 is 1.81 bits per heavy atom. The Labute approximate surface area is 160 Å². The summed E-state index contributed by atoms with van der Waals surface area (Å²) in [6.45, 7) is 1.70. The molecule has 0 radical (unpaired) electrons. The Balaban J connectivity index is 1.49. The second-order valence-corrected chi connectivity index (χ2v) is 7.15. The minimum absolute atomic E-state index is 0.165. The lowest BCUT2D eigenvalue weighted by atomic mass is 9.91. The van der Waals surface area contributed by atoms with Crippen LogP contribution in [0.3, 0.4) is 0 Å². The number of aliphatic imine (C=N–C) groups is 1. The van der Waals surface area contributed by atoms with Crippen LogP contribution in [-0.4, -0.2) is 36.9 Å². The summed E-state index contributed by atoms with van der Waals surface area (Å²) in [6, 6.07) is 19.1. The first-order chi connectivity index (χ1) is 13.3. The van der Waals surface area contributed by atoms with Gasteiger partial charge in [0, 0.05) is 12.2 Å². The minimum Gasteiger partial charge on any atom is -0.376 e. The van der Waals surface area contributed by atoms with Crippen LogP contribution in [-0.2, 0) is 15.2 Å². The molecule has 0 spiro atoms. The van der Waals surface area contributed by atoms with Crippen molar-refractivity contribution in [2.75, 3.05) is 19.8 Å². The number of rotatable bonds is 6. The van der Waals surface area contributed by atoms with Crippen LogP contribution in [0.1, 0.15) is 36.4 Å². The van der Waals surface area contributed by atoms with E-state index in [2.05, 4.69) is 5.32 Å². The second-order valence-electron chi connectivity index (χ2n) is 7.15. The Morgan fingerprint density at radius 1 is 1.07 bits per heavy atom. The predicted molar refractivity (Wildman–Crippen MR) is 105 cm³/mol. The molecule has 0 aliphatic carbocycles. The lowest BCUT2D eigenvalue weighted by Crippen LogP contribution is -2.45. The van der Waals surface area contributed by atoms with E-state index in [0.717, 1.165) is 30.6 Å². The number of nitrogens with one attached hydrogen (secondary N) is 1. The van der Waals surface area contributed by atoms with Gasteiger partial charge in [-0.15, -0.1) is 0 Å². The Hall–Kier alpha value is -2.21. The van der Waals surface area contributed by atoms with Crippen molar-refractivity contribution in [3.8, 4) is 0 Å². The molecular weight excluding hydrogens is 340 g/mol. The molecule has 1 fully saturated rings. The molecule has 5 nitrogen and oxygen atoms in total. The molecule has 2 aliphatic rings. The monoisotopic (exact) mass is 366 g/mol. The highest BCUT2D eigenvalue weighted by Gasteiger charge is 2.44. The molecule has 3 atom stereocenters. The molecule has 4 rings (SSSR count). The van der Waals surface area contributed by atoms with E-state index in [0.29, 0.717) is 19.0 Å². The van der Waals surface area contributed by atoms with E-state index in [-0.39, 0.29) is 6.10 Å². The molecule has 1 saturated heterocycles. The van der Waals surface area contributed by atoms with Gasteiger partial charge in [-0.2, -0.15) is 0 Å². The van der Waals surface area contributed by atoms with Gasteiger partial charge in [0.05, 0.1) is 12.7 Å². The fraction of sp³-hybridized carbons (Fsp3) is 0.409. The zero-order valence-corrected chi connectivity index (χ0v) is 15.4. The zero-order chi connectivity index (χ0) is 18.5. The first-order valence-corrected chi connectivity index (χ1v) is 9.63. The van der Waals surface area contributed by atoms with Crippen molar-refractivity contribution in [1.29, 1.82) is 0 Å². The largest absolute Gasteiger partial charge is 0.376 e. The summed E-state index contributed by atoms with van der Waals surface area (Å²) in [7, 11) is 0. The number of hydrogen-bond acceptors (Lipinski definition) is 5. The van der Waals surface area contributed by atoms with E-state index in [4.69, 9.17) is 14.5 Å². The van der Waals surface area contributed by atoms with Crippen molar-refractivity contribution in [3.05, 3.63) is 71.8 Å². The molecular formula is C22H26N2O3. The SMILES string of the molecule is O[C@@]1(c2ccccc2)NC(COCC2CCCCO2)=N[C@@H]1c1ccccc1. The third kappa shape index (κ3) is 4.05. The average molecular weight is 366 g/mol. The molecule has 0 aromatic heterocycles. The van der Waals surface area contributed by atoms with Crippen molar-refractivity contribution in [2.24, 2.45) is 4.99 Å². The highest BCUT2D eigenvalue weighted by molar-refractivity contribution is 5.86. The summed E-state index contributed by atoms with van der Waals surface area (Å²) >= 11 is 0. The van der Waals surface area contributed by atoms with E-state index in [1.807, 2.05) is 60.7 Å². The molecule has 2 N–H and O–H groups in total. The Kier molecular flexibility index (Phi) is 5.53. The van der Waals surface area contributed by atoms with Gasteiger partial charge in [0.25, 0.3) is 0 Å². The summed E-state index contributed by atoms with van der Waals surface area (Å²) < 4.78 is 11.5. The van der Waals surface area contributed by atoms with Crippen LogP contribution in [0.4, 0.5) is 0 Å². The van der Waals surface area contributed by atoms with Crippen molar-refractivity contribution < 1.29 is 14.6 Å². The summed E-state index contributed by atoms with van der Waals surface area (Å²) in [6.07, 6.45) is 3.53. The van der Waals surface area contributed by atoms with Crippen LogP contribution < -0.4 is 5.32 Å². The fourth-order valence-corrected chi connectivity index (χ4v) is 3.74. The summed E-state index contributed by atoms with van der Waals surface area (Å²) in [5.74, 6) is 0.658. The van der Waals surface area contributed by atoms with Gasteiger partial charge in [-0.25, -0.2) is 0 Å². The quantitative estimate of drug-likeness (QED) is 0.824. The number of hydrogen-bond donors (Lipinski definition) is 2. The molecule has 2 heterocycles. The average Bonchev–Trinajstić information content (AvgIpc) is 3.08. The summed E-state index contributed by atoms with van der Waals surface area (Å²) in [4.78, 5) is 4.76. The molecule has 2 aromatic carbocycles. The lowest BCUT2D eigenvalue weighted by Gasteiger charge is -2.30. The molecule has 2 aliphatic heterocycles. The summed E-state index contributed by atoms with van der Waals surface area (Å²) in [5.41, 5.74) is 0.456. The van der Waals surface area contributed by atoms with Crippen LogP contribution in [0.25, 0.3) is 0 Å². The maximum atomic E-state index is 11.5. The van der Waals surface area contributed by atoms with Crippen LogP contribution in [0.5, 0.6) is 0 Å². The van der Waals surface area contributed by atoms with Crippen molar-refractivity contribution >= 4 is 5.84 Å². The van der Waals surface area contributed by atoms with E-state index >= 15 is 0 Å². The number of nitrogens with zero attached hydrogens (tertiary/aromatic N) is 1. The highest BCUT2D eigenvalue weighted by Crippen LogP contribution is 2.39. The van der Waals surface area contributed by atoms with Gasteiger partial charge in [-0.3, -0.25) is 4.99 Å². The molecule has 0 bridgehead atoms. The van der Waals surface area contributed by atoms with Gasteiger partial charge in [-0.05, 0) is 24.8 Å². The second kappa shape index (κ2) is 8.21. The van der Waals surface area contributed by atoms with Gasteiger partial charge in [0.15, 0.2) is 5.72 Å². The third-order valence-electron chi connectivity index (χ3n) is 5.16. The molecule has 27 heavy (non-hydrogen) atoms. The minimum atomic E-state index is -1.29. The van der Waals surface area contributed by atoms with Crippen LogP contribution in [0.15, 0.2) is 65.7 Å². The molecule has 1 unspecified atom stereocenters. The first-order valence-electron chi connectivity index (χ1n) is 9.63. The molecule has 142 valence electrons. The van der Waals surface area contributed by atoms with Crippen LogP contribution in [0, 0.1) is 0 Å². The topological polar surface area (TPSA) is 63.1 Å². The smallest absolute Gasteiger partial charge is 0.190 e. The predicted octanol–water partition coefficient (Wildman–Crippen LogP) is 3.16. The number of amidine groups is 1. The third-order valence-corrected chi connectivity index (χ3v) is 5.16. The maximum absolute atomic E-state index is 11.5. The number of benzene rings is 2. The molecule has 0 saturated carbocycles. The fourth-order valence-electron chi connectivity index (χ4n) is 3.74. The van der Waals surface area contributed by atoms with Crippen molar-refractivity contribution in [2.45, 2.75) is 37.1 Å². The van der Waals surface area contributed by atoms with Gasteiger partial charge in [0.2, 0.25) is 0 Å². The number of aliphatic hydroxyl groups is 1. The van der Waals surface area contributed by atoms with Crippen molar-refractivity contribution in [3.63, 3.8) is 0 Å². The van der Waals surface area contributed by atoms with Crippen LogP contribution in [0.2, 0.25) is 0 Å².